The summed E-state index contributed by atoms with van der Waals surface area (Å²) in [5, 5.41) is 0. The molecule has 1 fully saturated rings. The Morgan fingerprint density at radius 3 is 2.42 bits per heavy atom. The Kier molecular flexibility index (Phi) is 4.04. The Labute approximate surface area is 118 Å². The van der Waals surface area contributed by atoms with Gasteiger partial charge < -0.3 is 15.4 Å². The summed E-state index contributed by atoms with van der Waals surface area (Å²) in [5.74, 6) is 0.565. The van der Waals surface area contributed by atoms with E-state index in [1.807, 2.05) is 18.2 Å². The van der Waals surface area contributed by atoms with Crippen LogP contribution in [0.3, 0.4) is 0 Å². The van der Waals surface area contributed by atoms with Gasteiger partial charge >= 0.3 is 6.09 Å². The number of benzene rings is 1. The van der Waals surface area contributed by atoms with Crippen LogP contribution in [-0.2, 0) is 0 Å². The molecule has 0 atom stereocenters. The minimum atomic E-state index is -0.309. The molecule has 0 aliphatic carbocycles. The van der Waals surface area contributed by atoms with Gasteiger partial charge in [-0.15, -0.1) is 0 Å². The normalized spacial score (nSPS) is 17.8. The van der Waals surface area contributed by atoms with Crippen LogP contribution >= 0.6 is 12.2 Å². The van der Waals surface area contributed by atoms with Crippen LogP contribution in [0.15, 0.2) is 30.3 Å². The van der Waals surface area contributed by atoms with Crippen LogP contribution in [0.1, 0.15) is 19.8 Å². The number of para-hydroxylation sites is 1. The van der Waals surface area contributed by atoms with Crippen LogP contribution in [0.4, 0.5) is 4.79 Å². The van der Waals surface area contributed by atoms with Crippen LogP contribution < -0.4 is 10.5 Å². The number of carbonyl (C=O) groups excluding carboxylic acids is 1. The number of carbonyl (C=O) groups is 1. The van der Waals surface area contributed by atoms with E-state index in [1.165, 1.54) is 0 Å². The van der Waals surface area contributed by atoms with Crippen molar-refractivity contribution in [2.24, 2.45) is 11.1 Å². The Morgan fingerprint density at radius 2 is 1.89 bits per heavy atom. The third kappa shape index (κ3) is 3.23. The standard InChI is InChI=1S/C14H18N2O2S/c1-14(12(15)19)7-9-16(10-8-14)13(17)18-11-5-3-2-4-6-11/h2-6H,7-10H2,1H3,(H2,15,19). The average Bonchev–Trinajstić information content (AvgIpc) is 2.40. The second kappa shape index (κ2) is 5.57. The quantitative estimate of drug-likeness (QED) is 0.845. The number of piperidine rings is 1. The fourth-order valence-electron chi connectivity index (χ4n) is 2.08. The lowest BCUT2D eigenvalue weighted by molar-refractivity contribution is 0.124. The van der Waals surface area contributed by atoms with E-state index in [0.717, 1.165) is 12.8 Å². The Balaban J connectivity index is 1.91. The number of thiocarbonyl (C=S) groups is 1. The van der Waals surface area contributed by atoms with Crippen LogP contribution in [0, 0.1) is 5.41 Å². The van der Waals surface area contributed by atoms with Crippen LogP contribution in [-0.4, -0.2) is 29.1 Å². The van der Waals surface area contributed by atoms with Gasteiger partial charge in [0.05, 0.1) is 4.99 Å². The molecule has 0 saturated carbocycles. The van der Waals surface area contributed by atoms with Gasteiger partial charge in [0.25, 0.3) is 0 Å². The molecule has 0 spiro atoms. The molecule has 0 bridgehead atoms. The number of rotatable bonds is 2. The molecule has 0 aromatic heterocycles. The number of likely N-dealkylation sites (tertiary alicyclic amines) is 1. The number of nitrogens with zero attached hydrogens (tertiary/aromatic N) is 1. The van der Waals surface area contributed by atoms with Gasteiger partial charge in [-0.2, -0.15) is 0 Å². The van der Waals surface area contributed by atoms with Crippen molar-refractivity contribution >= 4 is 23.3 Å². The van der Waals surface area contributed by atoms with Gasteiger partial charge in [-0.3, -0.25) is 0 Å². The molecule has 2 rings (SSSR count). The lowest BCUT2D eigenvalue weighted by atomic mass is 9.80. The second-order valence-corrected chi connectivity index (χ2v) is 5.53. The maximum Gasteiger partial charge on any atom is 0.415 e. The van der Waals surface area contributed by atoms with E-state index in [1.54, 1.807) is 17.0 Å². The molecule has 4 nitrogen and oxygen atoms in total. The van der Waals surface area contributed by atoms with Crippen molar-refractivity contribution in [2.45, 2.75) is 19.8 Å². The van der Waals surface area contributed by atoms with Crippen LogP contribution in [0.5, 0.6) is 5.75 Å². The SMILES string of the molecule is CC1(C(N)=S)CCN(C(=O)Oc2ccccc2)CC1. The van der Waals surface area contributed by atoms with Crippen molar-refractivity contribution in [1.82, 2.24) is 4.90 Å². The van der Waals surface area contributed by atoms with Crippen molar-refractivity contribution in [2.75, 3.05) is 13.1 Å². The van der Waals surface area contributed by atoms with E-state index >= 15 is 0 Å². The van der Waals surface area contributed by atoms with E-state index in [2.05, 4.69) is 6.92 Å². The van der Waals surface area contributed by atoms with Gasteiger partial charge in [0.15, 0.2) is 0 Å². The third-order valence-corrected chi connectivity index (χ3v) is 4.16. The smallest absolute Gasteiger partial charge is 0.410 e. The van der Waals surface area contributed by atoms with Crippen molar-refractivity contribution in [3.05, 3.63) is 30.3 Å². The minimum absolute atomic E-state index is 0.140. The topological polar surface area (TPSA) is 55.6 Å². The fraction of sp³-hybridized carbons (Fsp3) is 0.429. The van der Waals surface area contributed by atoms with Gasteiger partial charge in [0, 0.05) is 18.5 Å². The third-order valence-electron chi connectivity index (χ3n) is 3.67. The summed E-state index contributed by atoms with van der Waals surface area (Å²) >= 11 is 5.08. The van der Waals surface area contributed by atoms with Gasteiger partial charge in [-0.05, 0) is 25.0 Å². The maximum atomic E-state index is 12.0. The Hall–Kier alpha value is -1.62. The summed E-state index contributed by atoms with van der Waals surface area (Å²) in [4.78, 5) is 14.2. The molecule has 1 aromatic carbocycles. The number of hydrogen-bond acceptors (Lipinski definition) is 3. The molecule has 1 aromatic rings. The first kappa shape index (κ1) is 13.8. The highest BCUT2D eigenvalue weighted by Crippen LogP contribution is 2.31. The van der Waals surface area contributed by atoms with Crippen LogP contribution in [0.2, 0.25) is 0 Å². The van der Waals surface area contributed by atoms with E-state index in [-0.39, 0.29) is 11.5 Å². The summed E-state index contributed by atoms with van der Waals surface area (Å²) in [6, 6.07) is 9.08. The maximum absolute atomic E-state index is 12.0. The van der Waals surface area contributed by atoms with Crippen molar-refractivity contribution < 1.29 is 9.53 Å². The summed E-state index contributed by atoms with van der Waals surface area (Å²) in [7, 11) is 0. The first-order chi connectivity index (χ1) is 9.01. The number of amides is 1. The monoisotopic (exact) mass is 278 g/mol. The molecule has 1 aliphatic heterocycles. The van der Waals surface area contributed by atoms with E-state index < -0.39 is 0 Å². The highest BCUT2D eigenvalue weighted by atomic mass is 32.1. The Bertz CT molecular complexity index is 468. The molecule has 1 saturated heterocycles. The first-order valence-electron chi connectivity index (χ1n) is 6.33. The highest BCUT2D eigenvalue weighted by Gasteiger charge is 2.34. The number of ether oxygens (including phenoxy) is 1. The van der Waals surface area contributed by atoms with E-state index in [4.69, 9.17) is 22.7 Å². The van der Waals surface area contributed by atoms with Gasteiger partial charge in [-0.1, -0.05) is 37.3 Å². The predicted octanol–water partition coefficient (Wildman–Crippen LogP) is 2.57. The summed E-state index contributed by atoms with van der Waals surface area (Å²) in [6.45, 7) is 3.30. The molecule has 102 valence electrons. The second-order valence-electron chi connectivity index (χ2n) is 5.09. The van der Waals surface area contributed by atoms with Gasteiger partial charge in [-0.25, -0.2) is 4.79 Å². The zero-order valence-corrected chi connectivity index (χ0v) is 11.8. The molecular weight excluding hydrogens is 260 g/mol. The fourth-order valence-corrected chi connectivity index (χ4v) is 2.29. The first-order valence-corrected chi connectivity index (χ1v) is 6.74. The van der Waals surface area contributed by atoms with Crippen LogP contribution in [0.25, 0.3) is 0 Å². The summed E-state index contributed by atoms with van der Waals surface area (Å²) in [6.07, 6.45) is 1.26. The average molecular weight is 278 g/mol. The summed E-state index contributed by atoms with van der Waals surface area (Å²) in [5.41, 5.74) is 5.60. The van der Waals surface area contributed by atoms with Crippen molar-refractivity contribution in [3.8, 4) is 5.75 Å². The van der Waals surface area contributed by atoms with E-state index in [9.17, 15) is 4.79 Å². The molecule has 1 heterocycles. The highest BCUT2D eigenvalue weighted by molar-refractivity contribution is 7.80. The molecular formula is C14H18N2O2S. The molecule has 0 radical (unpaired) electrons. The Morgan fingerprint density at radius 1 is 1.32 bits per heavy atom. The largest absolute Gasteiger partial charge is 0.415 e. The lowest BCUT2D eigenvalue weighted by Crippen LogP contribution is -2.47. The van der Waals surface area contributed by atoms with E-state index in [0.29, 0.717) is 23.8 Å². The van der Waals surface area contributed by atoms with Crippen molar-refractivity contribution in [1.29, 1.82) is 0 Å². The lowest BCUT2D eigenvalue weighted by Gasteiger charge is -2.37. The molecule has 1 amide bonds. The summed E-state index contributed by atoms with van der Waals surface area (Å²) < 4.78 is 5.31. The predicted molar refractivity (Wildman–Crippen MR) is 78.2 cm³/mol. The number of hydrogen-bond donors (Lipinski definition) is 1. The van der Waals surface area contributed by atoms with Gasteiger partial charge in [0.1, 0.15) is 5.75 Å². The zero-order chi connectivity index (χ0) is 13.9. The zero-order valence-electron chi connectivity index (χ0n) is 11.0. The number of nitrogens with two attached hydrogens (primary N) is 1. The minimum Gasteiger partial charge on any atom is -0.410 e. The molecule has 5 heteroatoms. The molecule has 0 unspecified atom stereocenters. The van der Waals surface area contributed by atoms with Crippen molar-refractivity contribution in [3.63, 3.8) is 0 Å². The van der Waals surface area contributed by atoms with Gasteiger partial charge in [0.2, 0.25) is 0 Å². The molecule has 19 heavy (non-hydrogen) atoms. The molecule has 1 aliphatic rings. The molecule has 2 N–H and O–H groups in total.